The molecule has 0 unspecified atom stereocenters. The lowest BCUT2D eigenvalue weighted by Crippen LogP contribution is -2.71. The first-order chi connectivity index (χ1) is 52.4. The Balaban J connectivity index is 1.04. The molecule has 642 valence electrons. The van der Waals surface area contributed by atoms with Crippen LogP contribution in [0.4, 0.5) is 0 Å². The molecule has 9 aliphatic heterocycles. The highest BCUT2D eigenvalue weighted by Gasteiger charge is 2.61. The topological polar surface area (TPSA) is 759 Å². The summed E-state index contributed by atoms with van der Waals surface area (Å²) >= 11 is 0. The maximum atomic E-state index is 13.4. The van der Waals surface area contributed by atoms with Gasteiger partial charge in [0.15, 0.2) is 56.6 Å². The predicted molar refractivity (Wildman–Crippen MR) is 342 cm³/mol. The summed E-state index contributed by atoms with van der Waals surface area (Å²) in [5.41, 5.74) is 0. The van der Waals surface area contributed by atoms with Crippen molar-refractivity contribution in [2.75, 3.05) is 52.9 Å². The summed E-state index contributed by atoms with van der Waals surface area (Å²) in [5, 5.41) is 275. The Morgan fingerprint density at radius 3 is 1.00 bits per heavy atom. The molecule has 0 aliphatic carbocycles. The zero-order valence-electron chi connectivity index (χ0n) is 59.9. The molecule has 9 rings (SSSR count). The molecule has 9 heterocycles. The Hall–Kier alpha value is -3.76. The van der Waals surface area contributed by atoms with Crippen molar-refractivity contribution in [3.05, 3.63) is 0 Å². The summed E-state index contributed by atoms with van der Waals surface area (Å²) in [5.74, 6) is -3.71. The number of amides is 4. The van der Waals surface area contributed by atoms with Crippen LogP contribution in [0.2, 0.25) is 0 Å². The van der Waals surface area contributed by atoms with Gasteiger partial charge in [-0.15, -0.1) is 0 Å². The van der Waals surface area contributed by atoms with Crippen molar-refractivity contribution < 1.29 is 222 Å². The number of carbonyl (C=O) groups is 4. The van der Waals surface area contributed by atoms with Gasteiger partial charge in [0.1, 0.15) is 213 Å². The summed E-state index contributed by atoms with van der Waals surface area (Å²) in [6.07, 6.45) is -82.2. The van der Waals surface area contributed by atoms with Crippen LogP contribution in [0, 0.1) is 0 Å². The largest absolute Gasteiger partial charge is 0.394 e. The molecule has 0 radical (unpaired) electrons. The fourth-order valence-corrected chi connectivity index (χ4v) is 14.3. The predicted octanol–water partition coefficient (Wildman–Crippen LogP) is -19.0. The van der Waals surface area contributed by atoms with E-state index in [1.54, 1.807) is 0 Å². The maximum absolute atomic E-state index is 13.4. The molecule has 0 aromatic heterocycles. The molecule has 111 heavy (non-hydrogen) atoms. The monoisotopic (exact) mass is 1620 g/mol. The Morgan fingerprint density at radius 2 is 0.550 bits per heavy atom. The van der Waals surface area contributed by atoms with Crippen LogP contribution in [0.25, 0.3) is 0 Å². The van der Waals surface area contributed by atoms with Gasteiger partial charge in [-0.3, -0.25) is 19.2 Å². The minimum Gasteiger partial charge on any atom is -0.394 e. The van der Waals surface area contributed by atoms with Crippen molar-refractivity contribution in [2.45, 2.75) is 311 Å². The number of rotatable bonds is 28. The SMILES string of the molecule is CC(=O)N[C@@H]1[C@@H](O[C@@H]2O[C@H](CO[C@@H]3O[C@H](CO)[C@@H](O[C@@H]4O[C@H](CO)[C@H](O)[C@H](O)[C@H]4O)[C@H](O)[C@H]3NC(C)=O)[C@H](O)[C@H](O[C@@H]3O[C@H](CO)[C@@H](O)[C@H](O[C@@H]4O[C@H](CO)[C@H](O)[C@H](O)[C@H]4O[C@@H]4O[C@@H](C)[C@@H](O)[C@@H](O)[C@@H]4O)[C@H]3NC(C)=O)[C@H]2O)[C@@H](O)[C@@H](CO[C@@H]2O[C@H](CO)[C@@H](O[C@@H]3O[C@H](CO)[C@H](O)[C@H](O)[C@H]3O)[C@H](O)[C@H]2NC(C)=O)O[C@@H]1O. The standard InChI is InChI=1S/C62H104N4O45/c1-14-31(77)40(86)44(90)58(97-14)111-53-43(89)34(80)21(8-69)102-62(53)109-51-30(66-18(5)76)57(99-22(9-70)35(51)81)110-52-37(83)26(13-96-56-28(64-16(3)74)39(85)49(24(11-72)104-56)107-60-46(92)42(88)33(79)20(7-68)101-60)105-61(47(52)93)108-50-29(65-17(4)75)54(94)98-25(36(50)82)12-95-55-27(63-15(2)73)38(84)48(23(10-71)103-55)106-59-45(91)41(87)32(78)19(6-67)100-59/h14,19-62,67-72,77-94H,6-13H2,1-5H3,(H,63,73)(H,64,74)(H,65,75)(H,66,76)/t14-,19+,20+,21+,22+,23+,24+,25+,26+,27+,28+,29+,30+,31+,32-,33-,34-,35+,36-,37-,38+,39+,40+,41-,42-,43-,44-,45+,46+,47+,48+,49+,50+,51+,52-,53+,54-,55+,56+,57-,58-,59-,60-,61-,62-/m0/s1. The van der Waals surface area contributed by atoms with Gasteiger partial charge in [0.05, 0.1) is 59.0 Å². The van der Waals surface area contributed by atoms with Crippen LogP contribution in [-0.4, -0.2) is 475 Å². The zero-order chi connectivity index (χ0) is 81.8. The number of hydrogen-bond donors (Lipinski definition) is 28. The van der Waals surface area contributed by atoms with Crippen LogP contribution in [0.5, 0.6) is 0 Å². The number of aliphatic hydroxyl groups is 24. The average molecular weight is 1630 g/mol. The Kier molecular flexibility index (Phi) is 32.6. The lowest BCUT2D eigenvalue weighted by molar-refractivity contribution is -0.390. The van der Waals surface area contributed by atoms with Gasteiger partial charge < -0.3 is 224 Å². The van der Waals surface area contributed by atoms with Gasteiger partial charge >= 0.3 is 0 Å². The van der Waals surface area contributed by atoms with Crippen LogP contribution in [0.3, 0.4) is 0 Å². The third kappa shape index (κ3) is 20.3. The van der Waals surface area contributed by atoms with Gasteiger partial charge in [0, 0.05) is 27.7 Å². The second kappa shape index (κ2) is 39.7. The van der Waals surface area contributed by atoms with Gasteiger partial charge in [-0.2, -0.15) is 0 Å². The molecule has 9 aliphatic rings. The fourth-order valence-electron chi connectivity index (χ4n) is 14.3. The minimum absolute atomic E-state index is 0.859. The Bertz CT molecular complexity index is 2950. The molecule has 4 amide bonds. The van der Waals surface area contributed by atoms with E-state index in [4.69, 9.17) is 80.5 Å². The van der Waals surface area contributed by atoms with E-state index >= 15 is 0 Å². The van der Waals surface area contributed by atoms with Crippen LogP contribution in [0.15, 0.2) is 0 Å². The second-order valence-electron chi connectivity index (χ2n) is 28.2. The summed E-state index contributed by atoms with van der Waals surface area (Å²) in [6.45, 7) is -3.23. The number of hydrogen-bond acceptors (Lipinski definition) is 45. The summed E-state index contributed by atoms with van der Waals surface area (Å²) in [7, 11) is 0. The van der Waals surface area contributed by atoms with Crippen molar-refractivity contribution >= 4 is 23.6 Å². The molecule has 0 aromatic rings. The van der Waals surface area contributed by atoms with Crippen molar-refractivity contribution in [3.63, 3.8) is 0 Å². The summed E-state index contributed by atoms with van der Waals surface area (Å²) in [6, 6.07) is -7.55. The molecule has 0 bridgehead atoms. The first-order valence-electron chi connectivity index (χ1n) is 35.5. The van der Waals surface area contributed by atoms with E-state index in [1.807, 2.05) is 0 Å². The maximum Gasteiger partial charge on any atom is 0.217 e. The third-order valence-corrected chi connectivity index (χ3v) is 20.3. The highest BCUT2D eigenvalue weighted by Crippen LogP contribution is 2.39. The quantitative estimate of drug-likeness (QED) is 0.0346. The molecule has 9 saturated heterocycles. The highest BCUT2D eigenvalue weighted by atomic mass is 16.8. The van der Waals surface area contributed by atoms with Crippen LogP contribution >= 0.6 is 0 Å². The zero-order valence-corrected chi connectivity index (χ0v) is 59.9. The van der Waals surface area contributed by atoms with E-state index in [2.05, 4.69) is 21.3 Å². The van der Waals surface area contributed by atoms with E-state index in [9.17, 15) is 142 Å². The molecule has 49 nitrogen and oxygen atoms in total. The summed E-state index contributed by atoms with van der Waals surface area (Å²) in [4.78, 5) is 52.0. The molecule has 0 aromatic carbocycles. The number of carbonyl (C=O) groups excluding carboxylic acids is 4. The van der Waals surface area contributed by atoms with Gasteiger partial charge in [-0.05, 0) is 6.92 Å². The first kappa shape index (κ1) is 91.1. The molecular formula is C62H104N4O45. The van der Waals surface area contributed by atoms with Gasteiger partial charge in [-0.1, -0.05) is 0 Å². The van der Waals surface area contributed by atoms with Gasteiger partial charge in [-0.25, -0.2) is 0 Å². The first-order valence-corrected chi connectivity index (χ1v) is 35.5. The summed E-state index contributed by atoms with van der Waals surface area (Å²) < 4.78 is 100. The molecule has 28 N–H and O–H groups in total. The van der Waals surface area contributed by atoms with Crippen molar-refractivity contribution in [2.24, 2.45) is 0 Å². The van der Waals surface area contributed by atoms with Crippen LogP contribution in [0.1, 0.15) is 34.6 Å². The lowest BCUT2D eigenvalue weighted by atomic mass is 9.93. The molecular weight excluding hydrogens is 1520 g/mol. The number of nitrogens with one attached hydrogen (secondary N) is 4. The van der Waals surface area contributed by atoms with E-state index < -0.39 is 353 Å². The molecule has 45 atom stereocenters. The molecule has 0 spiro atoms. The number of ether oxygens (including phenoxy) is 17. The van der Waals surface area contributed by atoms with Gasteiger partial charge in [0.2, 0.25) is 23.6 Å². The molecule has 49 heteroatoms. The van der Waals surface area contributed by atoms with Crippen LogP contribution in [-0.2, 0) is 99.7 Å². The fraction of sp³-hybridized carbons (Fsp3) is 0.935. The van der Waals surface area contributed by atoms with Crippen molar-refractivity contribution in [1.29, 1.82) is 0 Å². The normalized spacial score (nSPS) is 49.3. The van der Waals surface area contributed by atoms with E-state index in [0.717, 1.165) is 27.7 Å². The molecule has 0 saturated carbocycles. The van der Waals surface area contributed by atoms with E-state index in [-0.39, 0.29) is 0 Å². The van der Waals surface area contributed by atoms with Crippen molar-refractivity contribution in [3.8, 4) is 0 Å². The van der Waals surface area contributed by atoms with Crippen LogP contribution < -0.4 is 21.3 Å². The minimum atomic E-state index is -2.54. The van der Waals surface area contributed by atoms with Gasteiger partial charge in [0.25, 0.3) is 0 Å². The Labute approximate surface area is 629 Å². The third-order valence-electron chi connectivity index (χ3n) is 20.3. The Morgan fingerprint density at radius 1 is 0.252 bits per heavy atom. The highest BCUT2D eigenvalue weighted by molar-refractivity contribution is 5.74. The van der Waals surface area contributed by atoms with E-state index in [1.165, 1.54) is 6.92 Å². The van der Waals surface area contributed by atoms with E-state index in [0.29, 0.717) is 0 Å². The average Bonchev–Trinajstić information content (AvgIpc) is 0.770. The van der Waals surface area contributed by atoms with Crippen molar-refractivity contribution in [1.82, 2.24) is 21.3 Å². The lowest BCUT2D eigenvalue weighted by Gasteiger charge is -2.51. The number of aliphatic hydroxyl groups excluding tert-OH is 24. The molecule has 9 fully saturated rings. The smallest absolute Gasteiger partial charge is 0.217 e. The second-order valence-corrected chi connectivity index (χ2v) is 28.2.